The first kappa shape index (κ1) is 18.8. The van der Waals surface area contributed by atoms with Gasteiger partial charge in [-0.15, -0.1) is 0 Å². The highest BCUT2D eigenvalue weighted by molar-refractivity contribution is 7.92. The van der Waals surface area contributed by atoms with Crippen LogP contribution in [0.5, 0.6) is 0 Å². The number of rotatable bonds is 4. The Bertz CT molecular complexity index is 1170. The van der Waals surface area contributed by atoms with Crippen LogP contribution in [0.1, 0.15) is 24.8 Å². The second kappa shape index (κ2) is 6.83. The lowest BCUT2D eigenvalue weighted by Crippen LogP contribution is -2.51. The number of allylic oxidation sites excluding steroid dienone is 1. The number of sulfone groups is 1. The standard InChI is InChI=1S/C21H22FN3O2S/c1-25(2)21(28(26,27)17-6-3-5-16(22)13-17)10-8-15(9-11-21)18-14-24-19-7-4-12-23-20(18)19/h3-8,12-14,24H,9-11H2,1-2H3. The minimum Gasteiger partial charge on any atom is -0.359 e. The molecule has 28 heavy (non-hydrogen) atoms. The molecule has 2 aromatic heterocycles. The van der Waals surface area contributed by atoms with Gasteiger partial charge < -0.3 is 4.98 Å². The zero-order valence-electron chi connectivity index (χ0n) is 15.8. The maximum atomic E-state index is 13.7. The molecule has 0 amide bonds. The van der Waals surface area contributed by atoms with Crippen LogP contribution in [0.3, 0.4) is 0 Å². The zero-order chi connectivity index (χ0) is 19.9. The molecule has 1 atom stereocenters. The lowest BCUT2D eigenvalue weighted by Gasteiger charge is -2.41. The van der Waals surface area contributed by atoms with Crippen molar-refractivity contribution in [1.82, 2.24) is 14.9 Å². The Labute approximate surface area is 163 Å². The van der Waals surface area contributed by atoms with E-state index >= 15 is 0 Å². The molecule has 0 saturated heterocycles. The van der Waals surface area contributed by atoms with Crippen molar-refractivity contribution in [2.45, 2.75) is 29.0 Å². The van der Waals surface area contributed by atoms with Gasteiger partial charge >= 0.3 is 0 Å². The van der Waals surface area contributed by atoms with E-state index in [9.17, 15) is 12.8 Å². The molecule has 1 aliphatic carbocycles. The first-order valence-corrected chi connectivity index (χ1v) is 10.6. The number of hydrogen-bond donors (Lipinski definition) is 1. The number of H-pyrrole nitrogens is 1. The second-order valence-electron chi connectivity index (χ2n) is 7.34. The highest BCUT2D eigenvalue weighted by atomic mass is 32.2. The SMILES string of the molecule is CN(C)C1(S(=O)(=O)c2cccc(F)c2)CC=C(c2c[nH]c3cccnc23)CC1. The number of nitrogens with one attached hydrogen (secondary N) is 1. The molecule has 0 aliphatic heterocycles. The molecule has 1 unspecified atom stereocenters. The fraction of sp³-hybridized carbons (Fsp3) is 0.286. The zero-order valence-corrected chi connectivity index (χ0v) is 16.6. The molecule has 5 nitrogen and oxygen atoms in total. The van der Waals surface area contributed by atoms with Crippen molar-refractivity contribution in [3.05, 3.63) is 66.2 Å². The van der Waals surface area contributed by atoms with Gasteiger partial charge in [0.1, 0.15) is 10.7 Å². The number of aromatic nitrogens is 2. The van der Waals surface area contributed by atoms with Crippen molar-refractivity contribution in [3.8, 4) is 0 Å². The van der Waals surface area contributed by atoms with Crippen molar-refractivity contribution >= 4 is 26.4 Å². The third-order valence-electron chi connectivity index (χ3n) is 5.65. The molecule has 0 bridgehead atoms. The van der Waals surface area contributed by atoms with Gasteiger partial charge in [0.05, 0.1) is 15.9 Å². The maximum absolute atomic E-state index is 13.7. The Hall–Kier alpha value is -2.51. The van der Waals surface area contributed by atoms with Crippen LogP contribution in [0.2, 0.25) is 0 Å². The predicted molar refractivity (Wildman–Crippen MR) is 108 cm³/mol. The fourth-order valence-electron chi connectivity index (χ4n) is 4.01. The topological polar surface area (TPSA) is 66.1 Å². The first-order chi connectivity index (χ1) is 13.3. The number of nitrogens with zero attached hydrogens (tertiary/aromatic N) is 2. The van der Waals surface area contributed by atoms with E-state index in [1.807, 2.05) is 24.4 Å². The molecule has 1 aliphatic rings. The van der Waals surface area contributed by atoms with Crippen molar-refractivity contribution < 1.29 is 12.8 Å². The normalized spacial score (nSPS) is 20.5. The Morgan fingerprint density at radius 2 is 2.04 bits per heavy atom. The highest BCUT2D eigenvalue weighted by Gasteiger charge is 2.47. The predicted octanol–water partition coefficient (Wildman–Crippen LogP) is 4.00. The summed E-state index contributed by atoms with van der Waals surface area (Å²) in [6, 6.07) is 9.10. The monoisotopic (exact) mass is 399 g/mol. The van der Waals surface area contributed by atoms with Crippen LogP contribution >= 0.6 is 0 Å². The number of aromatic amines is 1. The van der Waals surface area contributed by atoms with Gasteiger partial charge in [0, 0.05) is 18.0 Å². The van der Waals surface area contributed by atoms with Gasteiger partial charge in [-0.3, -0.25) is 9.88 Å². The van der Waals surface area contributed by atoms with E-state index in [2.05, 4.69) is 9.97 Å². The summed E-state index contributed by atoms with van der Waals surface area (Å²) in [5, 5.41) is 0. The van der Waals surface area contributed by atoms with Crippen LogP contribution < -0.4 is 0 Å². The van der Waals surface area contributed by atoms with E-state index < -0.39 is 20.5 Å². The number of hydrogen-bond acceptors (Lipinski definition) is 4. The van der Waals surface area contributed by atoms with Crippen LogP contribution in [0.25, 0.3) is 16.6 Å². The summed E-state index contributed by atoms with van der Waals surface area (Å²) in [4.78, 5) is 8.33. The third kappa shape index (κ3) is 2.86. The minimum absolute atomic E-state index is 0.0202. The molecule has 0 fully saturated rings. The number of halogens is 1. The van der Waals surface area contributed by atoms with Crippen LogP contribution in [0.15, 0.2) is 59.8 Å². The Kier molecular flexibility index (Phi) is 4.59. The van der Waals surface area contributed by atoms with Crippen LogP contribution in [-0.4, -0.2) is 42.3 Å². The second-order valence-corrected chi connectivity index (χ2v) is 9.58. The summed E-state index contributed by atoms with van der Waals surface area (Å²) in [6.45, 7) is 0. The molecule has 0 saturated carbocycles. The summed E-state index contributed by atoms with van der Waals surface area (Å²) in [5.41, 5.74) is 3.93. The van der Waals surface area contributed by atoms with E-state index in [0.29, 0.717) is 19.3 Å². The molecular formula is C21H22FN3O2S. The van der Waals surface area contributed by atoms with Gasteiger partial charge in [-0.2, -0.15) is 0 Å². The van der Waals surface area contributed by atoms with Gasteiger partial charge in [-0.05, 0) is 69.3 Å². The summed E-state index contributed by atoms with van der Waals surface area (Å²) in [6.07, 6.45) is 7.00. The molecule has 1 aromatic carbocycles. The Balaban J connectivity index is 1.75. The van der Waals surface area contributed by atoms with Crippen LogP contribution in [-0.2, 0) is 9.84 Å². The highest BCUT2D eigenvalue weighted by Crippen LogP contribution is 2.43. The number of fused-ring (bicyclic) bond motifs is 1. The summed E-state index contributed by atoms with van der Waals surface area (Å²) >= 11 is 0. The van der Waals surface area contributed by atoms with E-state index in [-0.39, 0.29) is 4.90 Å². The smallest absolute Gasteiger partial charge is 0.197 e. The molecule has 3 aromatic rings. The van der Waals surface area contributed by atoms with Gasteiger partial charge in [0.2, 0.25) is 0 Å². The molecular weight excluding hydrogens is 377 g/mol. The third-order valence-corrected chi connectivity index (χ3v) is 8.27. The first-order valence-electron chi connectivity index (χ1n) is 9.14. The summed E-state index contributed by atoms with van der Waals surface area (Å²) in [7, 11) is -0.229. The summed E-state index contributed by atoms with van der Waals surface area (Å²) in [5.74, 6) is -0.549. The van der Waals surface area contributed by atoms with Crippen LogP contribution in [0, 0.1) is 5.82 Å². The fourth-order valence-corrected chi connectivity index (χ4v) is 6.12. The lowest BCUT2D eigenvalue weighted by atomic mass is 9.90. The van der Waals surface area contributed by atoms with Crippen LogP contribution in [0.4, 0.5) is 4.39 Å². The molecule has 2 heterocycles. The largest absolute Gasteiger partial charge is 0.359 e. The molecule has 1 N–H and O–H groups in total. The van der Waals surface area contributed by atoms with Crippen molar-refractivity contribution in [2.75, 3.05) is 14.1 Å². The maximum Gasteiger partial charge on any atom is 0.197 e. The molecule has 0 spiro atoms. The number of benzene rings is 1. The van der Waals surface area contributed by atoms with Crippen molar-refractivity contribution in [1.29, 1.82) is 0 Å². The molecule has 146 valence electrons. The van der Waals surface area contributed by atoms with Crippen molar-refractivity contribution in [3.63, 3.8) is 0 Å². The van der Waals surface area contributed by atoms with E-state index in [4.69, 9.17) is 0 Å². The Morgan fingerprint density at radius 1 is 1.21 bits per heavy atom. The van der Waals surface area contributed by atoms with E-state index in [1.165, 1.54) is 18.2 Å². The van der Waals surface area contributed by atoms with E-state index in [0.717, 1.165) is 28.2 Å². The quantitative estimate of drug-likeness (QED) is 0.720. The number of pyridine rings is 1. The minimum atomic E-state index is -3.76. The lowest BCUT2D eigenvalue weighted by molar-refractivity contribution is 0.224. The average Bonchev–Trinajstić information content (AvgIpc) is 3.12. The molecule has 4 rings (SSSR count). The Morgan fingerprint density at radius 3 is 2.71 bits per heavy atom. The average molecular weight is 399 g/mol. The molecule has 0 radical (unpaired) electrons. The molecule has 7 heteroatoms. The van der Waals surface area contributed by atoms with Crippen molar-refractivity contribution in [2.24, 2.45) is 0 Å². The van der Waals surface area contributed by atoms with E-state index in [1.54, 1.807) is 25.2 Å². The van der Waals surface area contributed by atoms with Gasteiger partial charge in [0.15, 0.2) is 9.84 Å². The van der Waals surface area contributed by atoms with Gasteiger partial charge in [-0.25, -0.2) is 12.8 Å². The van der Waals surface area contributed by atoms with Gasteiger partial charge in [0.25, 0.3) is 0 Å². The summed E-state index contributed by atoms with van der Waals surface area (Å²) < 4.78 is 40.6. The van der Waals surface area contributed by atoms with Gasteiger partial charge in [-0.1, -0.05) is 12.1 Å².